The van der Waals surface area contributed by atoms with Gasteiger partial charge in [0.05, 0.1) is 29.8 Å². The summed E-state index contributed by atoms with van der Waals surface area (Å²) < 4.78 is 38.5. The highest BCUT2D eigenvalue weighted by atomic mass is 35.5. The van der Waals surface area contributed by atoms with Crippen molar-refractivity contribution in [3.8, 4) is 11.5 Å². The van der Waals surface area contributed by atoms with Gasteiger partial charge in [-0.1, -0.05) is 35.9 Å². The largest absolute Gasteiger partial charge is 0.495 e. The van der Waals surface area contributed by atoms with Crippen molar-refractivity contribution in [3.63, 3.8) is 0 Å². The number of hydrogen-bond donors (Lipinski definition) is 0. The van der Waals surface area contributed by atoms with Crippen LogP contribution in [-0.2, 0) is 16.4 Å². The van der Waals surface area contributed by atoms with E-state index in [4.69, 9.17) is 21.1 Å². The highest BCUT2D eigenvalue weighted by Gasteiger charge is 2.29. The number of anilines is 2. The lowest BCUT2D eigenvalue weighted by molar-refractivity contribution is 0.0989. The lowest BCUT2D eigenvalue weighted by atomic mass is 10.1. The van der Waals surface area contributed by atoms with Crippen molar-refractivity contribution >= 4 is 38.9 Å². The van der Waals surface area contributed by atoms with Gasteiger partial charge in [-0.25, -0.2) is 8.42 Å². The Labute approximate surface area is 198 Å². The number of rotatable bonds is 6. The second-order valence-corrected chi connectivity index (χ2v) is 9.87. The topological polar surface area (TPSA) is 76.1 Å². The van der Waals surface area contributed by atoms with E-state index in [1.807, 2.05) is 24.3 Å². The first-order valence-electron chi connectivity index (χ1n) is 10.2. The molecule has 0 spiro atoms. The van der Waals surface area contributed by atoms with Gasteiger partial charge in [-0.3, -0.25) is 9.10 Å². The number of nitrogens with zero attached hydrogens (tertiary/aromatic N) is 2. The van der Waals surface area contributed by atoms with Gasteiger partial charge in [-0.15, -0.1) is 0 Å². The third kappa shape index (κ3) is 4.12. The normalized spacial score (nSPS) is 12.9. The number of amides is 1. The summed E-state index contributed by atoms with van der Waals surface area (Å²) in [6.45, 7) is 0.552. The molecule has 1 aliphatic rings. The number of halogens is 1. The monoisotopic (exact) mass is 486 g/mol. The van der Waals surface area contributed by atoms with Crippen molar-refractivity contribution in [2.45, 2.75) is 11.3 Å². The fourth-order valence-corrected chi connectivity index (χ4v) is 5.35. The molecule has 3 aromatic carbocycles. The molecule has 33 heavy (non-hydrogen) atoms. The number of carbonyl (C=O) groups is 1. The van der Waals surface area contributed by atoms with Crippen LogP contribution in [0.3, 0.4) is 0 Å². The molecule has 172 valence electrons. The predicted molar refractivity (Wildman–Crippen MR) is 128 cm³/mol. The zero-order valence-electron chi connectivity index (χ0n) is 18.4. The van der Waals surface area contributed by atoms with Gasteiger partial charge in [-0.05, 0) is 42.3 Å². The molecule has 1 amide bonds. The molecule has 0 aliphatic carbocycles. The van der Waals surface area contributed by atoms with Crippen molar-refractivity contribution in [1.29, 1.82) is 0 Å². The third-order valence-corrected chi connectivity index (χ3v) is 7.73. The minimum atomic E-state index is -4.02. The van der Waals surface area contributed by atoms with Crippen LogP contribution in [0, 0.1) is 0 Å². The Morgan fingerprint density at radius 1 is 1.00 bits per heavy atom. The molecule has 1 heterocycles. The van der Waals surface area contributed by atoms with Crippen molar-refractivity contribution in [1.82, 2.24) is 0 Å². The van der Waals surface area contributed by atoms with E-state index in [0.717, 1.165) is 22.0 Å². The maximum Gasteiger partial charge on any atom is 0.264 e. The summed E-state index contributed by atoms with van der Waals surface area (Å²) >= 11 is 6.23. The van der Waals surface area contributed by atoms with E-state index in [2.05, 4.69) is 0 Å². The maximum absolute atomic E-state index is 13.4. The molecule has 3 aromatic rings. The summed E-state index contributed by atoms with van der Waals surface area (Å²) in [4.78, 5) is 14.9. The summed E-state index contributed by atoms with van der Waals surface area (Å²) in [5, 5.41) is 0.243. The molecule has 4 rings (SSSR count). The first-order valence-corrected chi connectivity index (χ1v) is 12.0. The number of methoxy groups -OCH3 is 2. The standard InChI is InChI=1S/C24H23ClN2O5S/c1-26(21-14-19(25)22(31-2)15-23(21)32-3)33(29,30)18-9-6-8-17(13-18)24(28)27-12-11-16-7-4-5-10-20(16)27/h4-10,13-15H,11-12H2,1-3H3. The van der Waals surface area contributed by atoms with Crippen LogP contribution in [0.2, 0.25) is 5.02 Å². The molecular formula is C24H23ClN2O5S. The van der Waals surface area contributed by atoms with E-state index >= 15 is 0 Å². The Balaban J connectivity index is 1.68. The number of sulfonamides is 1. The van der Waals surface area contributed by atoms with Gasteiger partial charge in [-0.2, -0.15) is 0 Å². The van der Waals surface area contributed by atoms with Crippen LogP contribution in [0.1, 0.15) is 15.9 Å². The fourth-order valence-electron chi connectivity index (χ4n) is 3.87. The van der Waals surface area contributed by atoms with Crippen LogP contribution in [0.15, 0.2) is 65.6 Å². The summed E-state index contributed by atoms with van der Waals surface area (Å²) in [6, 6.07) is 16.7. The van der Waals surface area contributed by atoms with Gasteiger partial charge in [0.2, 0.25) is 0 Å². The number of hydrogen-bond acceptors (Lipinski definition) is 5. The average Bonchev–Trinajstić information content (AvgIpc) is 3.27. The maximum atomic E-state index is 13.4. The summed E-state index contributed by atoms with van der Waals surface area (Å²) in [5.74, 6) is 0.398. The van der Waals surface area contributed by atoms with E-state index in [9.17, 15) is 13.2 Å². The van der Waals surface area contributed by atoms with Gasteiger partial charge < -0.3 is 14.4 Å². The van der Waals surface area contributed by atoms with E-state index in [1.165, 1.54) is 45.5 Å². The predicted octanol–water partition coefficient (Wildman–Crippen LogP) is 4.39. The molecule has 0 atom stereocenters. The van der Waals surface area contributed by atoms with Crippen molar-refractivity contribution in [2.24, 2.45) is 0 Å². The SMILES string of the molecule is COc1cc(OC)c(N(C)S(=O)(=O)c2cccc(C(=O)N3CCc4ccccc43)c2)cc1Cl. The first-order chi connectivity index (χ1) is 15.8. The van der Waals surface area contributed by atoms with Crippen molar-refractivity contribution < 1.29 is 22.7 Å². The van der Waals surface area contributed by atoms with Gasteiger partial charge in [0.25, 0.3) is 15.9 Å². The fraction of sp³-hybridized carbons (Fsp3) is 0.208. The lowest BCUT2D eigenvalue weighted by Crippen LogP contribution is -2.30. The van der Waals surface area contributed by atoms with E-state index in [0.29, 0.717) is 17.9 Å². The molecule has 7 nitrogen and oxygen atoms in total. The number of fused-ring (bicyclic) bond motifs is 1. The molecule has 1 aliphatic heterocycles. The van der Waals surface area contributed by atoms with Crippen LogP contribution in [-0.4, -0.2) is 42.1 Å². The smallest absolute Gasteiger partial charge is 0.264 e. The van der Waals surface area contributed by atoms with Crippen LogP contribution >= 0.6 is 11.6 Å². The quantitative estimate of drug-likeness (QED) is 0.516. The minimum absolute atomic E-state index is 0.0164. The molecule has 0 radical (unpaired) electrons. The Hall–Kier alpha value is -3.23. The molecule has 0 saturated heterocycles. The van der Waals surface area contributed by atoms with E-state index < -0.39 is 10.0 Å². The Kier molecular flexibility index (Phi) is 6.23. The summed E-state index contributed by atoms with van der Waals surface area (Å²) in [6.07, 6.45) is 0.765. The average molecular weight is 487 g/mol. The van der Waals surface area contributed by atoms with E-state index in [-0.39, 0.29) is 27.3 Å². The summed E-state index contributed by atoms with van der Waals surface area (Å²) in [5.41, 5.74) is 2.48. The second kappa shape index (κ2) is 8.96. The highest BCUT2D eigenvalue weighted by molar-refractivity contribution is 7.92. The van der Waals surface area contributed by atoms with E-state index in [1.54, 1.807) is 17.0 Å². The third-order valence-electron chi connectivity index (χ3n) is 5.66. The molecule has 0 unspecified atom stereocenters. The lowest BCUT2D eigenvalue weighted by Gasteiger charge is -2.23. The van der Waals surface area contributed by atoms with Gasteiger partial charge in [0, 0.05) is 30.9 Å². The van der Waals surface area contributed by atoms with Crippen molar-refractivity contribution in [2.75, 3.05) is 37.0 Å². The van der Waals surface area contributed by atoms with Crippen molar-refractivity contribution in [3.05, 3.63) is 76.8 Å². The number of ether oxygens (including phenoxy) is 2. The number of carbonyl (C=O) groups excluding carboxylic acids is 1. The second-order valence-electron chi connectivity index (χ2n) is 7.49. The highest BCUT2D eigenvalue weighted by Crippen LogP contribution is 2.39. The van der Waals surface area contributed by atoms with Crippen LogP contribution < -0.4 is 18.7 Å². The first kappa shape index (κ1) is 22.9. The molecule has 0 N–H and O–H groups in total. The van der Waals surface area contributed by atoms with Crippen LogP contribution in [0.4, 0.5) is 11.4 Å². The molecular weight excluding hydrogens is 464 g/mol. The number of para-hydroxylation sites is 1. The van der Waals surface area contributed by atoms with Crippen LogP contribution in [0.25, 0.3) is 0 Å². The Bertz CT molecular complexity index is 1330. The van der Waals surface area contributed by atoms with Gasteiger partial charge in [0.15, 0.2) is 0 Å². The number of benzene rings is 3. The Morgan fingerprint density at radius 3 is 2.45 bits per heavy atom. The molecule has 0 aromatic heterocycles. The van der Waals surface area contributed by atoms with Gasteiger partial charge in [0.1, 0.15) is 11.5 Å². The Morgan fingerprint density at radius 2 is 1.73 bits per heavy atom. The molecule has 0 bridgehead atoms. The molecule has 0 fully saturated rings. The molecule has 9 heteroatoms. The zero-order valence-corrected chi connectivity index (χ0v) is 20.0. The minimum Gasteiger partial charge on any atom is -0.495 e. The van der Waals surface area contributed by atoms with Crippen LogP contribution in [0.5, 0.6) is 11.5 Å². The van der Waals surface area contributed by atoms with Gasteiger partial charge >= 0.3 is 0 Å². The summed E-state index contributed by atoms with van der Waals surface area (Å²) in [7, 11) is 0.277. The zero-order chi connectivity index (χ0) is 23.8. The molecule has 0 saturated carbocycles.